The minimum Gasteiger partial charge on any atom is -0.369 e. The minimum atomic E-state index is -0.648. The number of nitro groups is 1. The predicted octanol–water partition coefficient (Wildman–Crippen LogP) is 2.30. The molecule has 0 saturated heterocycles. The second kappa shape index (κ2) is 8.72. The third-order valence-corrected chi connectivity index (χ3v) is 6.47. The van der Waals surface area contributed by atoms with E-state index in [9.17, 15) is 19.3 Å². The average Bonchev–Trinajstić information content (AvgIpc) is 3.29. The van der Waals surface area contributed by atoms with Crippen molar-refractivity contribution in [2.24, 2.45) is 23.5 Å². The van der Waals surface area contributed by atoms with Gasteiger partial charge in [-0.15, -0.1) is 0 Å². The summed E-state index contributed by atoms with van der Waals surface area (Å²) >= 11 is 5.79. The van der Waals surface area contributed by atoms with Crippen molar-refractivity contribution in [2.45, 2.75) is 31.3 Å². The molecule has 5 atom stereocenters. The van der Waals surface area contributed by atoms with Gasteiger partial charge in [-0.25, -0.2) is 9.37 Å². The smallest absolute Gasteiger partial charge is 0.269 e. The highest BCUT2D eigenvalue weighted by Gasteiger charge is 2.54. The van der Waals surface area contributed by atoms with Crippen molar-refractivity contribution in [3.8, 4) is 0 Å². The molecule has 11 heteroatoms. The van der Waals surface area contributed by atoms with Gasteiger partial charge in [-0.05, 0) is 54.8 Å². The molecule has 2 aliphatic carbocycles. The summed E-state index contributed by atoms with van der Waals surface area (Å²) in [5.41, 5.74) is 6.58. The minimum absolute atomic E-state index is 0.0425. The van der Waals surface area contributed by atoms with Crippen LogP contribution in [0.3, 0.4) is 0 Å². The molecule has 0 radical (unpaired) electrons. The zero-order valence-corrected chi connectivity index (χ0v) is 17.3. The molecule has 2 bridgehead atoms. The molecule has 1 aromatic carbocycles. The van der Waals surface area contributed by atoms with E-state index in [1.54, 1.807) is 12.1 Å². The lowest BCUT2D eigenvalue weighted by atomic mass is 9.81. The lowest BCUT2D eigenvalue weighted by Gasteiger charge is -2.35. The molecule has 1 heterocycles. The van der Waals surface area contributed by atoms with Gasteiger partial charge in [0, 0.05) is 24.2 Å². The summed E-state index contributed by atoms with van der Waals surface area (Å²) in [5.74, 6) is -1.38. The molecule has 1 amide bonds. The van der Waals surface area contributed by atoms with Crippen LogP contribution in [0.15, 0.2) is 30.5 Å². The Kier molecular flexibility index (Phi) is 6.01. The monoisotopic (exact) mass is 448 g/mol. The van der Waals surface area contributed by atoms with Gasteiger partial charge in [0.25, 0.3) is 5.69 Å². The summed E-state index contributed by atoms with van der Waals surface area (Å²) in [5, 5.41) is 17.4. The van der Waals surface area contributed by atoms with Crippen LogP contribution in [-0.2, 0) is 11.2 Å². The summed E-state index contributed by atoms with van der Waals surface area (Å²) in [6, 6.07) is 6.29. The van der Waals surface area contributed by atoms with Crippen molar-refractivity contribution in [2.75, 3.05) is 11.9 Å². The third-order valence-electron chi connectivity index (χ3n) is 6.29. The van der Waals surface area contributed by atoms with Crippen LogP contribution < -0.4 is 16.4 Å². The van der Waals surface area contributed by atoms with Gasteiger partial charge in [-0.2, -0.15) is 4.98 Å². The summed E-state index contributed by atoms with van der Waals surface area (Å²) < 4.78 is 14.1. The Morgan fingerprint density at radius 2 is 2.19 bits per heavy atom. The van der Waals surface area contributed by atoms with Crippen LogP contribution in [0.5, 0.6) is 0 Å². The van der Waals surface area contributed by atoms with E-state index < -0.39 is 22.6 Å². The highest BCUT2D eigenvalue weighted by molar-refractivity contribution is 6.28. The van der Waals surface area contributed by atoms with Crippen LogP contribution in [-0.4, -0.2) is 39.4 Å². The molecular weight excluding hydrogens is 427 g/mol. The van der Waals surface area contributed by atoms with Crippen LogP contribution in [0.25, 0.3) is 0 Å². The van der Waals surface area contributed by atoms with Crippen LogP contribution in [0.4, 0.5) is 15.9 Å². The number of non-ortho nitro benzene ring substituents is 1. The Hall–Kier alpha value is -2.85. The third kappa shape index (κ3) is 4.45. The molecule has 2 saturated carbocycles. The molecule has 4 rings (SSSR count). The first kappa shape index (κ1) is 21.4. The first-order chi connectivity index (χ1) is 14.8. The number of halogens is 2. The number of carbonyl (C=O) groups is 1. The van der Waals surface area contributed by atoms with E-state index in [2.05, 4.69) is 20.6 Å². The van der Waals surface area contributed by atoms with E-state index in [1.807, 2.05) is 6.07 Å². The fourth-order valence-electron chi connectivity index (χ4n) is 5.03. The summed E-state index contributed by atoms with van der Waals surface area (Å²) in [6.07, 6.45) is 3.20. The Balaban J connectivity index is 1.43. The van der Waals surface area contributed by atoms with E-state index in [1.165, 1.54) is 6.07 Å². The number of carbonyl (C=O) groups excluding carboxylic acids is 1. The fraction of sp³-hybridized carbons (Fsp3) is 0.450. The number of nitrogens with one attached hydrogen (secondary N) is 2. The van der Waals surface area contributed by atoms with Crippen LogP contribution in [0.2, 0.25) is 5.28 Å². The molecule has 2 fully saturated rings. The maximum absolute atomic E-state index is 14.1. The van der Waals surface area contributed by atoms with E-state index in [0.29, 0.717) is 13.0 Å². The van der Waals surface area contributed by atoms with Gasteiger partial charge in [0.2, 0.25) is 11.2 Å². The molecular formula is C20H22ClFN6O3. The van der Waals surface area contributed by atoms with Crippen molar-refractivity contribution in [3.05, 3.63) is 57.2 Å². The quantitative estimate of drug-likeness (QED) is 0.320. The van der Waals surface area contributed by atoms with E-state index in [-0.39, 0.29) is 40.7 Å². The Bertz CT molecular complexity index is 1010. The molecule has 2 aromatic rings. The fourth-order valence-corrected chi connectivity index (χ4v) is 5.17. The lowest BCUT2D eigenvalue weighted by Crippen LogP contribution is -2.50. The van der Waals surface area contributed by atoms with Gasteiger partial charge in [0.15, 0.2) is 11.6 Å². The van der Waals surface area contributed by atoms with Crippen molar-refractivity contribution < 1.29 is 14.1 Å². The summed E-state index contributed by atoms with van der Waals surface area (Å²) in [7, 11) is 0. The number of aromatic nitrogens is 2. The molecule has 4 N–H and O–H groups in total. The number of primary amides is 1. The number of rotatable bonds is 8. The SMILES string of the molecule is NC(=O)[C@H]1[C@H]2C[C@@H]([C@H]1Nc1nc(Cl)ncc1F)[C@H](NCCc1cccc([N+](=O)[O-])c1)C2. The van der Waals surface area contributed by atoms with Crippen LogP contribution in [0.1, 0.15) is 18.4 Å². The topological polar surface area (TPSA) is 136 Å². The normalized spacial score (nSPS) is 26.7. The number of amides is 1. The lowest BCUT2D eigenvalue weighted by molar-refractivity contribution is -0.384. The first-order valence-electron chi connectivity index (χ1n) is 10.0. The number of fused-ring (bicyclic) bond motifs is 2. The summed E-state index contributed by atoms with van der Waals surface area (Å²) in [6.45, 7) is 0.622. The largest absolute Gasteiger partial charge is 0.369 e. The number of nitro benzene ring substituents is 1. The van der Waals surface area contributed by atoms with Gasteiger partial charge in [-0.3, -0.25) is 14.9 Å². The maximum Gasteiger partial charge on any atom is 0.269 e. The van der Waals surface area contributed by atoms with Crippen molar-refractivity contribution in [1.29, 1.82) is 0 Å². The first-order valence-corrected chi connectivity index (χ1v) is 10.4. The van der Waals surface area contributed by atoms with E-state index in [4.69, 9.17) is 17.3 Å². The van der Waals surface area contributed by atoms with E-state index in [0.717, 1.165) is 24.6 Å². The second-order valence-electron chi connectivity index (χ2n) is 8.07. The highest BCUT2D eigenvalue weighted by atomic mass is 35.5. The van der Waals surface area contributed by atoms with Gasteiger partial charge in [0.1, 0.15) is 0 Å². The van der Waals surface area contributed by atoms with E-state index >= 15 is 0 Å². The molecule has 164 valence electrons. The standard InChI is InChI=1S/C20H22ClFN6O3/c21-20-25-9-14(22)19(27-20)26-17-13-7-11(16(17)18(23)29)8-15(13)24-5-4-10-2-1-3-12(6-10)28(30)31/h1-3,6,9,11,13,15-17,24H,4-5,7-8H2,(H2,23,29)(H,25,26,27)/t11-,13+,15+,16-,17+/m0/s1. The molecule has 0 unspecified atom stereocenters. The molecule has 31 heavy (non-hydrogen) atoms. The molecule has 9 nitrogen and oxygen atoms in total. The molecule has 0 aliphatic heterocycles. The average molecular weight is 449 g/mol. The number of nitrogens with zero attached hydrogens (tertiary/aromatic N) is 3. The van der Waals surface area contributed by atoms with Gasteiger partial charge in [-0.1, -0.05) is 12.1 Å². The number of anilines is 1. The van der Waals surface area contributed by atoms with Crippen molar-refractivity contribution in [3.63, 3.8) is 0 Å². The molecule has 1 aromatic heterocycles. The number of benzene rings is 1. The highest BCUT2D eigenvalue weighted by Crippen LogP contribution is 2.49. The molecule has 2 aliphatic rings. The number of hydrogen-bond donors (Lipinski definition) is 3. The van der Waals surface area contributed by atoms with Crippen LogP contribution in [0, 0.1) is 33.7 Å². The Morgan fingerprint density at radius 3 is 2.94 bits per heavy atom. The summed E-state index contributed by atoms with van der Waals surface area (Å²) in [4.78, 5) is 30.1. The Morgan fingerprint density at radius 1 is 1.39 bits per heavy atom. The van der Waals surface area contributed by atoms with Gasteiger partial charge < -0.3 is 16.4 Å². The number of hydrogen-bond acceptors (Lipinski definition) is 7. The molecule has 0 spiro atoms. The van der Waals surface area contributed by atoms with Gasteiger partial charge in [0.05, 0.1) is 17.0 Å². The number of nitrogens with two attached hydrogens (primary N) is 1. The zero-order valence-electron chi connectivity index (χ0n) is 16.5. The zero-order chi connectivity index (χ0) is 22.1. The van der Waals surface area contributed by atoms with Gasteiger partial charge >= 0.3 is 0 Å². The van der Waals surface area contributed by atoms with Crippen molar-refractivity contribution >= 4 is 29.0 Å². The maximum atomic E-state index is 14.1. The second-order valence-corrected chi connectivity index (χ2v) is 8.40. The predicted molar refractivity (Wildman–Crippen MR) is 112 cm³/mol. The Labute approximate surface area is 182 Å². The van der Waals surface area contributed by atoms with Crippen molar-refractivity contribution in [1.82, 2.24) is 15.3 Å². The van der Waals surface area contributed by atoms with Crippen LogP contribution >= 0.6 is 11.6 Å².